The van der Waals surface area contributed by atoms with E-state index in [1.165, 1.54) is 12.4 Å². The second-order valence-electron chi connectivity index (χ2n) is 5.70. The standard InChI is InChI=1S/C18H15Cl2N5O2/c1-11(12-5-3-2-4-6-12)23-17-16(25(26)27)18(22-10-21-17)24-15-8-7-13(19)9-14(15)20/h2-11H,1H3,(H2,21,22,23,24). The molecule has 1 unspecified atom stereocenters. The Morgan fingerprint density at radius 1 is 1.07 bits per heavy atom. The number of anilines is 3. The molecule has 3 aromatic rings. The van der Waals surface area contributed by atoms with E-state index in [1.54, 1.807) is 12.1 Å². The molecule has 0 saturated heterocycles. The molecule has 0 aliphatic carbocycles. The SMILES string of the molecule is CC(Nc1ncnc(Nc2ccc(Cl)cc2Cl)c1[N+](=O)[O-])c1ccccc1. The minimum absolute atomic E-state index is 0.0296. The maximum Gasteiger partial charge on any atom is 0.353 e. The molecule has 1 atom stereocenters. The molecule has 9 heteroatoms. The Morgan fingerprint density at radius 2 is 1.78 bits per heavy atom. The van der Waals surface area contributed by atoms with Gasteiger partial charge in [0.2, 0.25) is 11.6 Å². The van der Waals surface area contributed by atoms with Crippen LogP contribution in [0.15, 0.2) is 54.9 Å². The van der Waals surface area contributed by atoms with Crippen molar-refractivity contribution in [3.05, 3.63) is 80.6 Å². The van der Waals surface area contributed by atoms with E-state index in [-0.39, 0.29) is 23.4 Å². The van der Waals surface area contributed by atoms with E-state index in [0.29, 0.717) is 15.7 Å². The lowest BCUT2D eigenvalue weighted by Crippen LogP contribution is -2.11. The number of nitrogens with zero attached hydrogens (tertiary/aromatic N) is 3. The van der Waals surface area contributed by atoms with Gasteiger partial charge in [-0.05, 0) is 30.7 Å². The Hall–Kier alpha value is -2.90. The van der Waals surface area contributed by atoms with Gasteiger partial charge in [-0.15, -0.1) is 0 Å². The monoisotopic (exact) mass is 403 g/mol. The molecule has 2 aromatic carbocycles. The van der Waals surface area contributed by atoms with Crippen LogP contribution >= 0.6 is 23.2 Å². The van der Waals surface area contributed by atoms with Crippen molar-refractivity contribution in [1.29, 1.82) is 0 Å². The van der Waals surface area contributed by atoms with Crippen LogP contribution in [-0.4, -0.2) is 14.9 Å². The number of hydrogen-bond acceptors (Lipinski definition) is 6. The number of halogens is 2. The summed E-state index contributed by atoms with van der Waals surface area (Å²) in [7, 11) is 0. The summed E-state index contributed by atoms with van der Waals surface area (Å²) in [6, 6.07) is 14.2. The maximum atomic E-state index is 11.7. The van der Waals surface area contributed by atoms with E-state index in [9.17, 15) is 10.1 Å². The minimum Gasteiger partial charge on any atom is -0.358 e. The summed E-state index contributed by atoms with van der Waals surface area (Å²) in [6.07, 6.45) is 1.25. The first-order valence-corrected chi connectivity index (χ1v) is 8.74. The quantitative estimate of drug-likeness (QED) is 0.410. The van der Waals surface area contributed by atoms with E-state index in [2.05, 4.69) is 20.6 Å². The molecule has 2 N–H and O–H groups in total. The van der Waals surface area contributed by atoms with Gasteiger partial charge in [0.05, 0.1) is 21.7 Å². The zero-order valence-electron chi connectivity index (χ0n) is 14.2. The van der Waals surface area contributed by atoms with Crippen LogP contribution in [0.25, 0.3) is 0 Å². The molecule has 0 radical (unpaired) electrons. The smallest absolute Gasteiger partial charge is 0.353 e. The van der Waals surface area contributed by atoms with Gasteiger partial charge < -0.3 is 10.6 Å². The largest absolute Gasteiger partial charge is 0.358 e. The summed E-state index contributed by atoms with van der Waals surface area (Å²) in [4.78, 5) is 19.2. The van der Waals surface area contributed by atoms with Crippen LogP contribution < -0.4 is 10.6 Å². The number of hydrogen-bond donors (Lipinski definition) is 2. The fourth-order valence-electron chi connectivity index (χ4n) is 2.50. The van der Waals surface area contributed by atoms with E-state index in [0.717, 1.165) is 5.56 Å². The van der Waals surface area contributed by atoms with Crippen LogP contribution in [0.5, 0.6) is 0 Å². The summed E-state index contributed by atoms with van der Waals surface area (Å²) < 4.78 is 0. The summed E-state index contributed by atoms with van der Waals surface area (Å²) in [5.74, 6) is 0.140. The van der Waals surface area contributed by atoms with Crippen molar-refractivity contribution in [2.75, 3.05) is 10.6 Å². The Bertz CT molecular complexity index is 969. The van der Waals surface area contributed by atoms with Crippen LogP contribution in [0, 0.1) is 10.1 Å². The van der Waals surface area contributed by atoms with Crippen LogP contribution in [0.2, 0.25) is 10.0 Å². The van der Waals surface area contributed by atoms with Crippen molar-refractivity contribution in [3.8, 4) is 0 Å². The third-order valence-electron chi connectivity index (χ3n) is 3.84. The predicted molar refractivity (Wildman–Crippen MR) is 107 cm³/mol. The molecule has 138 valence electrons. The zero-order chi connectivity index (χ0) is 19.4. The Labute approximate surface area is 165 Å². The summed E-state index contributed by atoms with van der Waals surface area (Å²) in [5.41, 5.74) is 1.15. The summed E-state index contributed by atoms with van der Waals surface area (Å²) >= 11 is 12.0. The molecule has 0 saturated carbocycles. The van der Waals surface area contributed by atoms with Crippen LogP contribution in [0.3, 0.4) is 0 Å². The van der Waals surface area contributed by atoms with Crippen molar-refractivity contribution in [3.63, 3.8) is 0 Å². The molecule has 1 aromatic heterocycles. The predicted octanol–water partition coefficient (Wildman–Crippen LogP) is 5.61. The van der Waals surface area contributed by atoms with Crippen LogP contribution in [0.4, 0.5) is 23.0 Å². The van der Waals surface area contributed by atoms with E-state index in [1.807, 2.05) is 37.3 Å². The van der Waals surface area contributed by atoms with Gasteiger partial charge in [-0.3, -0.25) is 10.1 Å². The Morgan fingerprint density at radius 3 is 2.44 bits per heavy atom. The van der Waals surface area contributed by atoms with Crippen molar-refractivity contribution < 1.29 is 4.92 Å². The second kappa shape index (κ2) is 8.20. The number of nitro groups is 1. The first-order chi connectivity index (χ1) is 13.0. The van der Waals surface area contributed by atoms with Crippen LogP contribution in [-0.2, 0) is 0 Å². The molecular weight excluding hydrogens is 389 g/mol. The summed E-state index contributed by atoms with van der Waals surface area (Å²) in [5, 5.41) is 18.4. The van der Waals surface area contributed by atoms with Crippen molar-refractivity contribution >= 4 is 46.2 Å². The molecule has 1 heterocycles. The van der Waals surface area contributed by atoms with Crippen molar-refractivity contribution in [2.24, 2.45) is 0 Å². The topological polar surface area (TPSA) is 93.0 Å². The number of nitrogens with one attached hydrogen (secondary N) is 2. The molecule has 0 amide bonds. The second-order valence-corrected chi connectivity index (χ2v) is 6.55. The highest BCUT2D eigenvalue weighted by atomic mass is 35.5. The average molecular weight is 404 g/mol. The lowest BCUT2D eigenvalue weighted by atomic mass is 10.1. The zero-order valence-corrected chi connectivity index (χ0v) is 15.7. The molecule has 0 spiro atoms. The molecule has 3 rings (SSSR count). The maximum absolute atomic E-state index is 11.7. The molecule has 0 aliphatic heterocycles. The minimum atomic E-state index is -0.536. The van der Waals surface area contributed by atoms with Crippen LogP contribution in [0.1, 0.15) is 18.5 Å². The number of benzene rings is 2. The Kier molecular flexibility index (Phi) is 5.73. The van der Waals surface area contributed by atoms with E-state index >= 15 is 0 Å². The normalized spacial score (nSPS) is 11.7. The molecule has 0 bridgehead atoms. The lowest BCUT2D eigenvalue weighted by Gasteiger charge is -2.16. The van der Waals surface area contributed by atoms with Gasteiger partial charge >= 0.3 is 5.69 Å². The van der Waals surface area contributed by atoms with Gasteiger partial charge in [-0.25, -0.2) is 9.97 Å². The molecule has 0 fully saturated rings. The van der Waals surface area contributed by atoms with Crippen molar-refractivity contribution in [1.82, 2.24) is 9.97 Å². The first-order valence-electron chi connectivity index (χ1n) is 7.98. The Balaban J connectivity index is 1.94. The lowest BCUT2D eigenvalue weighted by molar-refractivity contribution is -0.383. The highest BCUT2D eigenvalue weighted by Crippen LogP contribution is 2.35. The average Bonchev–Trinajstić information content (AvgIpc) is 2.64. The highest BCUT2D eigenvalue weighted by Gasteiger charge is 2.25. The molecule has 27 heavy (non-hydrogen) atoms. The fourth-order valence-corrected chi connectivity index (χ4v) is 2.95. The molecule has 0 aliphatic rings. The highest BCUT2D eigenvalue weighted by molar-refractivity contribution is 6.36. The number of rotatable bonds is 6. The number of aromatic nitrogens is 2. The van der Waals surface area contributed by atoms with Gasteiger partial charge in [-0.2, -0.15) is 0 Å². The fraction of sp³-hybridized carbons (Fsp3) is 0.111. The van der Waals surface area contributed by atoms with Gasteiger partial charge in [0.15, 0.2) is 0 Å². The molecule has 7 nitrogen and oxygen atoms in total. The van der Waals surface area contributed by atoms with Gasteiger partial charge in [0.25, 0.3) is 0 Å². The van der Waals surface area contributed by atoms with Gasteiger partial charge in [0, 0.05) is 5.02 Å². The third-order valence-corrected chi connectivity index (χ3v) is 4.39. The molecular formula is C18H15Cl2N5O2. The summed E-state index contributed by atoms with van der Waals surface area (Å²) in [6.45, 7) is 1.89. The first kappa shape index (κ1) is 18.9. The van der Waals surface area contributed by atoms with Gasteiger partial charge in [0.1, 0.15) is 6.33 Å². The third kappa shape index (κ3) is 4.45. The van der Waals surface area contributed by atoms with E-state index < -0.39 is 4.92 Å². The van der Waals surface area contributed by atoms with Crippen molar-refractivity contribution in [2.45, 2.75) is 13.0 Å². The van der Waals surface area contributed by atoms with E-state index in [4.69, 9.17) is 23.2 Å². The van der Waals surface area contributed by atoms with Gasteiger partial charge in [-0.1, -0.05) is 53.5 Å².